The minimum atomic E-state index is 0.308. The van der Waals surface area contributed by atoms with Crippen molar-refractivity contribution in [3.63, 3.8) is 0 Å². The second kappa shape index (κ2) is 5.32. The average Bonchev–Trinajstić information content (AvgIpc) is 2.25. The van der Waals surface area contributed by atoms with Gasteiger partial charge in [0.05, 0.1) is 0 Å². The number of hydrogen-bond acceptors (Lipinski definition) is 2. The molecule has 0 bridgehead atoms. The molecule has 18 heavy (non-hydrogen) atoms. The average molecular weight is 251 g/mol. The van der Waals surface area contributed by atoms with Gasteiger partial charge in [0.25, 0.3) is 0 Å². The molecular formula is C16H29NO. The quantitative estimate of drug-likeness (QED) is 0.750. The minimum absolute atomic E-state index is 0.308. The number of hydrogen-bond donors (Lipinski definition) is 0. The summed E-state index contributed by atoms with van der Waals surface area (Å²) in [7, 11) is 0. The highest BCUT2D eigenvalue weighted by molar-refractivity contribution is 5.82. The van der Waals surface area contributed by atoms with Crippen LogP contribution in [0.1, 0.15) is 53.4 Å². The van der Waals surface area contributed by atoms with Crippen LogP contribution in [0.4, 0.5) is 0 Å². The summed E-state index contributed by atoms with van der Waals surface area (Å²) < 4.78 is 0. The Hall–Kier alpha value is -0.370. The van der Waals surface area contributed by atoms with Crippen LogP contribution < -0.4 is 0 Å². The molecule has 1 heterocycles. The van der Waals surface area contributed by atoms with Crippen molar-refractivity contribution in [2.45, 2.75) is 53.4 Å². The summed E-state index contributed by atoms with van der Waals surface area (Å²) in [5.41, 5.74) is 0.507. The number of carbonyl (C=O) groups excluding carboxylic acids is 1. The second-order valence-electron chi connectivity index (χ2n) is 7.56. The van der Waals surface area contributed by atoms with Gasteiger partial charge in [-0.2, -0.15) is 0 Å². The standard InChI is InChI=1S/C16H29NO/c1-12-9-13(2)14(15(18)10-12)11-17-7-5-16(3,4)6-8-17/h12-14H,5-11H2,1-4H3. The maximum Gasteiger partial charge on any atom is 0.137 e. The van der Waals surface area contributed by atoms with Crippen molar-refractivity contribution < 1.29 is 4.79 Å². The lowest BCUT2D eigenvalue weighted by Crippen LogP contribution is -2.44. The topological polar surface area (TPSA) is 20.3 Å². The third-order valence-electron chi connectivity index (χ3n) is 5.09. The zero-order chi connectivity index (χ0) is 13.3. The highest BCUT2D eigenvalue weighted by atomic mass is 16.1. The molecule has 3 atom stereocenters. The summed E-state index contributed by atoms with van der Waals surface area (Å²) in [5, 5.41) is 0. The fraction of sp³-hybridized carbons (Fsp3) is 0.938. The maximum atomic E-state index is 12.2. The van der Waals surface area contributed by atoms with Crippen LogP contribution in [0.25, 0.3) is 0 Å². The normalized spacial score (nSPS) is 37.8. The third-order valence-corrected chi connectivity index (χ3v) is 5.09. The lowest BCUT2D eigenvalue weighted by molar-refractivity contribution is -0.129. The Morgan fingerprint density at radius 2 is 1.83 bits per heavy atom. The summed E-state index contributed by atoms with van der Waals surface area (Å²) in [4.78, 5) is 14.7. The molecule has 0 spiro atoms. The van der Waals surface area contributed by atoms with Crippen LogP contribution in [0, 0.1) is 23.2 Å². The largest absolute Gasteiger partial charge is 0.303 e. The Labute approximate surface area is 112 Å². The van der Waals surface area contributed by atoms with Gasteiger partial charge in [0.15, 0.2) is 0 Å². The van der Waals surface area contributed by atoms with E-state index >= 15 is 0 Å². The fourth-order valence-electron chi connectivity index (χ4n) is 3.60. The number of piperidine rings is 1. The minimum Gasteiger partial charge on any atom is -0.303 e. The Balaban J connectivity index is 1.88. The molecule has 104 valence electrons. The predicted molar refractivity (Wildman–Crippen MR) is 75.5 cm³/mol. The Bertz CT molecular complexity index is 300. The van der Waals surface area contributed by atoms with Crippen LogP contribution in [0.3, 0.4) is 0 Å². The van der Waals surface area contributed by atoms with E-state index in [9.17, 15) is 4.79 Å². The van der Waals surface area contributed by atoms with Gasteiger partial charge in [0, 0.05) is 18.9 Å². The predicted octanol–water partition coefficient (Wildman–Crippen LogP) is 3.36. The molecule has 3 unspecified atom stereocenters. The van der Waals surface area contributed by atoms with Gasteiger partial charge in [-0.15, -0.1) is 0 Å². The molecule has 1 saturated heterocycles. The van der Waals surface area contributed by atoms with Gasteiger partial charge in [0.2, 0.25) is 0 Å². The number of likely N-dealkylation sites (tertiary alicyclic amines) is 1. The van der Waals surface area contributed by atoms with E-state index in [1.165, 1.54) is 32.4 Å². The van der Waals surface area contributed by atoms with Crippen molar-refractivity contribution in [2.75, 3.05) is 19.6 Å². The Morgan fingerprint density at radius 1 is 1.22 bits per heavy atom. The molecule has 2 rings (SSSR count). The van der Waals surface area contributed by atoms with Gasteiger partial charge >= 0.3 is 0 Å². The Kier molecular flexibility index (Phi) is 4.15. The summed E-state index contributed by atoms with van der Waals surface area (Å²) >= 11 is 0. The zero-order valence-electron chi connectivity index (χ0n) is 12.5. The number of rotatable bonds is 2. The molecule has 2 fully saturated rings. The highest BCUT2D eigenvalue weighted by Crippen LogP contribution is 2.34. The first-order valence-electron chi connectivity index (χ1n) is 7.62. The van der Waals surface area contributed by atoms with Crippen LogP contribution in [-0.4, -0.2) is 30.3 Å². The second-order valence-corrected chi connectivity index (χ2v) is 7.56. The number of Topliss-reactive ketones (excluding diaryl/α,β-unsaturated/α-hetero) is 1. The molecule has 0 radical (unpaired) electrons. The van der Waals surface area contributed by atoms with E-state index in [2.05, 4.69) is 32.6 Å². The summed E-state index contributed by atoms with van der Waals surface area (Å²) in [5.74, 6) is 2.01. The molecule has 0 N–H and O–H groups in total. The third kappa shape index (κ3) is 3.34. The maximum absolute atomic E-state index is 12.2. The lowest BCUT2D eigenvalue weighted by Gasteiger charge is -2.40. The van der Waals surface area contributed by atoms with E-state index in [4.69, 9.17) is 0 Å². The van der Waals surface area contributed by atoms with Gasteiger partial charge in [-0.05, 0) is 49.6 Å². The molecule has 0 aromatic carbocycles. The van der Waals surface area contributed by atoms with Gasteiger partial charge in [0.1, 0.15) is 5.78 Å². The van der Waals surface area contributed by atoms with Crippen molar-refractivity contribution >= 4 is 5.78 Å². The number of carbonyl (C=O) groups is 1. The molecule has 1 aliphatic heterocycles. The molecule has 0 aromatic rings. The van der Waals surface area contributed by atoms with Gasteiger partial charge in [-0.1, -0.05) is 27.7 Å². The molecule has 2 aliphatic rings. The molecule has 1 saturated carbocycles. The summed E-state index contributed by atoms with van der Waals surface area (Å²) in [6.07, 6.45) is 4.60. The van der Waals surface area contributed by atoms with Crippen molar-refractivity contribution in [3.8, 4) is 0 Å². The number of nitrogens with zero attached hydrogens (tertiary/aromatic N) is 1. The molecule has 2 nitrogen and oxygen atoms in total. The lowest BCUT2D eigenvalue weighted by atomic mass is 9.74. The SMILES string of the molecule is CC1CC(=O)C(CN2CCC(C)(C)CC2)C(C)C1. The van der Waals surface area contributed by atoms with E-state index < -0.39 is 0 Å². The van der Waals surface area contributed by atoms with Crippen molar-refractivity contribution in [3.05, 3.63) is 0 Å². The monoisotopic (exact) mass is 251 g/mol. The molecule has 1 aliphatic carbocycles. The van der Waals surface area contributed by atoms with Crippen molar-refractivity contribution in [1.29, 1.82) is 0 Å². The molecule has 2 heteroatoms. The van der Waals surface area contributed by atoms with Gasteiger partial charge in [-0.3, -0.25) is 4.79 Å². The van der Waals surface area contributed by atoms with E-state index in [1.54, 1.807) is 0 Å². The van der Waals surface area contributed by atoms with Crippen LogP contribution in [0.5, 0.6) is 0 Å². The van der Waals surface area contributed by atoms with Crippen molar-refractivity contribution in [1.82, 2.24) is 4.90 Å². The van der Waals surface area contributed by atoms with Gasteiger partial charge < -0.3 is 4.90 Å². The smallest absolute Gasteiger partial charge is 0.137 e. The van der Waals surface area contributed by atoms with E-state index in [-0.39, 0.29) is 0 Å². The first kappa shape index (κ1) is 14.0. The zero-order valence-corrected chi connectivity index (χ0v) is 12.5. The van der Waals surface area contributed by atoms with Crippen LogP contribution >= 0.6 is 0 Å². The fourth-order valence-corrected chi connectivity index (χ4v) is 3.60. The van der Waals surface area contributed by atoms with Gasteiger partial charge in [-0.25, -0.2) is 0 Å². The van der Waals surface area contributed by atoms with Crippen LogP contribution in [0.15, 0.2) is 0 Å². The van der Waals surface area contributed by atoms with Crippen LogP contribution in [-0.2, 0) is 4.79 Å². The van der Waals surface area contributed by atoms with E-state index in [1.807, 2.05) is 0 Å². The first-order valence-corrected chi connectivity index (χ1v) is 7.62. The first-order chi connectivity index (χ1) is 8.37. The molecule has 0 amide bonds. The van der Waals surface area contributed by atoms with Crippen LogP contribution in [0.2, 0.25) is 0 Å². The van der Waals surface area contributed by atoms with E-state index in [0.29, 0.717) is 29.0 Å². The number of ketones is 1. The van der Waals surface area contributed by atoms with E-state index in [0.717, 1.165) is 13.0 Å². The summed E-state index contributed by atoms with van der Waals surface area (Å²) in [6, 6.07) is 0. The van der Waals surface area contributed by atoms with Crippen molar-refractivity contribution in [2.24, 2.45) is 23.2 Å². The Morgan fingerprint density at radius 3 is 2.39 bits per heavy atom. The summed E-state index contributed by atoms with van der Waals surface area (Å²) in [6.45, 7) is 12.6. The highest BCUT2D eigenvalue weighted by Gasteiger charge is 2.35. The molecular weight excluding hydrogens is 222 g/mol. The molecule has 0 aromatic heterocycles.